The summed E-state index contributed by atoms with van der Waals surface area (Å²) in [6.07, 6.45) is -4.13. The summed E-state index contributed by atoms with van der Waals surface area (Å²) in [5.41, 5.74) is 0.768. The fourth-order valence-corrected chi connectivity index (χ4v) is 4.24. The molecule has 4 amide bonds. The minimum Gasteiger partial charge on any atom is -0.383 e. The number of urea groups is 1. The first kappa shape index (κ1) is 30.7. The maximum absolute atomic E-state index is 12.9. The molecule has 0 spiro atoms. The summed E-state index contributed by atoms with van der Waals surface area (Å²) in [7, 11) is 1.54. The molecule has 40 heavy (non-hydrogen) atoms. The van der Waals surface area contributed by atoms with Crippen LogP contribution in [0.4, 0.5) is 35.0 Å². The van der Waals surface area contributed by atoms with Gasteiger partial charge >= 0.3 is 12.2 Å². The van der Waals surface area contributed by atoms with Gasteiger partial charge in [0.05, 0.1) is 18.7 Å². The average molecular weight is 564 g/mol. The number of carbonyl (C=O) groups excluding carboxylic acids is 3. The van der Waals surface area contributed by atoms with Gasteiger partial charge in [0.1, 0.15) is 0 Å². The summed E-state index contributed by atoms with van der Waals surface area (Å²) >= 11 is 0. The highest BCUT2D eigenvalue weighted by molar-refractivity contribution is 5.94. The van der Waals surface area contributed by atoms with Gasteiger partial charge in [0.25, 0.3) is 0 Å². The summed E-state index contributed by atoms with van der Waals surface area (Å²) in [6, 6.07) is 11.4. The Morgan fingerprint density at radius 2 is 1.65 bits per heavy atom. The maximum Gasteiger partial charge on any atom is 0.416 e. The van der Waals surface area contributed by atoms with Crippen LogP contribution in [-0.4, -0.2) is 80.6 Å². The van der Waals surface area contributed by atoms with Crippen LogP contribution in [-0.2, 0) is 20.5 Å². The first-order valence-corrected chi connectivity index (χ1v) is 13.1. The van der Waals surface area contributed by atoms with Crippen molar-refractivity contribution in [2.75, 3.05) is 68.5 Å². The molecule has 9 nitrogen and oxygen atoms in total. The Morgan fingerprint density at radius 1 is 0.975 bits per heavy atom. The van der Waals surface area contributed by atoms with Crippen LogP contribution in [0.15, 0.2) is 48.5 Å². The van der Waals surface area contributed by atoms with E-state index in [0.29, 0.717) is 51.4 Å². The van der Waals surface area contributed by atoms with Crippen molar-refractivity contribution in [1.29, 1.82) is 0 Å². The van der Waals surface area contributed by atoms with Crippen molar-refractivity contribution in [2.45, 2.75) is 26.4 Å². The van der Waals surface area contributed by atoms with E-state index in [4.69, 9.17) is 4.74 Å². The van der Waals surface area contributed by atoms with Gasteiger partial charge < -0.3 is 30.1 Å². The molecular formula is C28H36F3N5O4. The van der Waals surface area contributed by atoms with Crippen LogP contribution in [0.25, 0.3) is 0 Å². The molecule has 0 saturated carbocycles. The lowest BCUT2D eigenvalue weighted by Crippen LogP contribution is -2.50. The number of amides is 4. The first-order chi connectivity index (χ1) is 19.0. The normalized spacial score (nSPS) is 13.8. The monoisotopic (exact) mass is 563 g/mol. The summed E-state index contributed by atoms with van der Waals surface area (Å²) in [4.78, 5) is 42.8. The van der Waals surface area contributed by atoms with Crippen LogP contribution in [0.2, 0.25) is 0 Å². The van der Waals surface area contributed by atoms with Crippen molar-refractivity contribution < 1.29 is 32.3 Å². The Bertz CT molecular complexity index is 1150. The van der Waals surface area contributed by atoms with Crippen LogP contribution in [0.3, 0.4) is 0 Å². The van der Waals surface area contributed by atoms with E-state index in [-0.39, 0.29) is 30.0 Å². The number of hydrogen-bond acceptors (Lipinski definition) is 5. The summed E-state index contributed by atoms with van der Waals surface area (Å²) in [5.74, 6) is -0.221. The van der Waals surface area contributed by atoms with Gasteiger partial charge in [0.2, 0.25) is 11.8 Å². The number of halogens is 3. The number of nitrogens with one attached hydrogen (secondary N) is 2. The number of benzene rings is 2. The van der Waals surface area contributed by atoms with E-state index in [9.17, 15) is 27.6 Å². The van der Waals surface area contributed by atoms with Crippen molar-refractivity contribution in [3.63, 3.8) is 0 Å². The number of methoxy groups -OCH3 is 1. The number of carbonyl (C=O) groups is 3. The van der Waals surface area contributed by atoms with E-state index in [2.05, 4.69) is 15.5 Å². The van der Waals surface area contributed by atoms with Crippen LogP contribution < -0.4 is 15.5 Å². The van der Waals surface area contributed by atoms with Gasteiger partial charge in [0.15, 0.2) is 0 Å². The molecule has 2 N–H and O–H groups in total. The Hall–Kier alpha value is -3.80. The first-order valence-electron chi connectivity index (χ1n) is 13.1. The zero-order valence-electron chi connectivity index (χ0n) is 23.0. The standard InChI is InChI=1S/C28H36F3N5O4/c1-20(2)17-26(38)36(15-16-40-3)19-25(37)32-22-7-9-24(10-8-22)34-11-13-35(14-12-34)27(39)33-23-6-4-5-21(18-23)28(29,30)31/h4-10,18,20H,11-17,19H2,1-3H3,(H,32,37)(H,33,39). The van der Waals surface area contributed by atoms with Crippen molar-refractivity contribution in [1.82, 2.24) is 9.80 Å². The third-order valence-electron chi connectivity index (χ3n) is 6.36. The van der Waals surface area contributed by atoms with Gasteiger partial charge in [-0.15, -0.1) is 0 Å². The molecule has 1 heterocycles. The molecular weight excluding hydrogens is 527 g/mol. The number of piperazine rings is 1. The van der Waals surface area contributed by atoms with Gasteiger partial charge in [-0.2, -0.15) is 13.2 Å². The second-order valence-corrected chi connectivity index (χ2v) is 9.98. The fraction of sp³-hybridized carbons (Fsp3) is 0.464. The minimum atomic E-state index is -4.48. The SMILES string of the molecule is COCCN(CC(=O)Nc1ccc(N2CCN(C(=O)Nc3cccc(C(F)(F)F)c3)CC2)cc1)C(=O)CC(C)C. The van der Waals surface area contributed by atoms with Crippen LogP contribution in [0, 0.1) is 5.92 Å². The largest absolute Gasteiger partial charge is 0.416 e. The van der Waals surface area contributed by atoms with Crippen LogP contribution >= 0.6 is 0 Å². The Morgan fingerprint density at radius 3 is 2.25 bits per heavy atom. The number of alkyl halides is 3. The highest BCUT2D eigenvalue weighted by atomic mass is 19.4. The second kappa shape index (κ2) is 14.0. The molecule has 0 atom stereocenters. The molecule has 0 unspecified atom stereocenters. The molecule has 218 valence electrons. The maximum atomic E-state index is 12.9. The highest BCUT2D eigenvalue weighted by Crippen LogP contribution is 2.30. The van der Waals surface area contributed by atoms with Gasteiger partial charge in [-0.1, -0.05) is 19.9 Å². The molecule has 0 aliphatic carbocycles. The van der Waals surface area contributed by atoms with E-state index in [1.807, 2.05) is 26.0 Å². The van der Waals surface area contributed by atoms with Crippen molar-refractivity contribution >= 4 is 34.9 Å². The second-order valence-electron chi connectivity index (χ2n) is 9.98. The molecule has 3 rings (SSSR count). The lowest BCUT2D eigenvalue weighted by atomic mass is 10.1. The zero-order chi connectivity index (χ0) is 29.3. The van der Waals surface area contributed by atoms with E-state index in [0.717, 1.165) is 17.8 Å². The molecule has 1 aliphatic rings. The number of ether oxygens (including phenoxy) is 1. The van der Waals surface area contributed by atoms with Gasteiger partial charge in [-0.3, -0.25) is 9.59 Å². The van der Waals surface area contributed by atoms with E-state index in [1.54, 1.807) is 24.1 Å². The van der Waals surface area contributed by atoms with Gasteiger partial charge in [-0.25, -0.2) is 4.79 Å². The fourth-order valence-electron chi connectivity index (χ4n) is 4.24. The molecule has 2 aromatic carbocycles. The topological polar surface area (TPSA) is 94.2 Å². The molecule has 0 radical (unpaired) electrons. The molecule has 0 aromatic heterocycles. The van der Waals surface area contributed by atoms with Gasteiger partial charge in [0, 0.05) is 63.3 Å². The third-order valence-corrected chi connectivity index (χ3v) is 6.36. The molecule has 0 bridgehead atoms. The lowest BCUT2D eigenvalue weighted by Gasteiger charge is -2.36. The number of hydrogen-bond donors (Lipinski definition) is 2. The quantitative estimate of drug-likeness (QED) is 0.444. The number of anilines is 3. The van der Waals surface area contributed by atoms with Crippen molar-refractivity contribution in [3.05, 3.63) is 54.1 Å². The molecule has 1 saturated heterocycles. The lowest BCUT2D eigenvalue weighted by molar-refractivity contribution is -0.137. The number of rotatable bonds is 10. The molecule has 2 aromatic rings. The van der Waals surface area contributed by atoms with E-state index in [1.165, 1.54) is 17.0 Å². The van der Waals surface area contributed by atoms with E-state index < -0.39 is 17.8 Å². The third kappa shape index (κ3) is 9.15. The molecule has 1 aliphatic heterocycles. The highest BCUT2D eigenvalue weighted by Gasteiger charge is 2.31. The van der Waals surface area contributed by atoms with Crippen LogP contribution in [0.1, 0.15) is 25.8 Å². The Kier molecular flexibility index (Phi) is 10.8. The predicted octanol–water partition coefficient (Wildman–Crippen LogP) is 4.52. The van der Waals surface area contributed by atoms with Crippen molar-refractivity contribution in [3.8, 4) is 0 Å². The van der Waals surface area contributed by atoms with Gasteiger partial charge in [-0.05, 0) is 48.4 Å². The zero-order valence-corrected chi connectivity index (χ0v) is 23.0. The minimum absolute atomic E-state index is 0.0683. The summed E-state index contributed by atoms with van der Waals surface area (Å²) in [6.45, 7) is 6.36. The smallest absolute Gasteiger partial charge is 0.383 e. The molecule has 12 heteroatoms. The Labute approximate surface area is 232 Å². The predicted molar refractivity (Wildman–Crippen MR) is 147 cm³/mol. The summed E-state index contributed by atoms with van der Waals surface area (Å²) < 4.78 is 43.9. The van der Waals surface area contributed by atoms with Crippen molar-refractivity contribution in [2.24, 2.45) is 5.92 Å². The van der Waals surface area contributed by atoms with E-state index >= 15 is 0 Å². The molecule has 1 fully saturated rings. The Balaban J connectivity index is 1.49. The summed E-state index contributed by atoms with van der Waals surface area (Å²) in [5, 5.41) is 5.36. The number of nitrogens with zero attached hydrogens (tertiary/aromatic N) is 3. The van der Waals surface area contributed by atoms with Crippen LogP contribution in [0.5, 0.6) is 0 Å². The average Bonchev–Trinajstić information content (AvgIpc) is 2.91.